The predicted octanol–water partition coefficient (Wildman–Crippen LogP) is 2.35. The van der Waals surface area contributed by atoms with E-state index in [2.05, 4.69) is 16.2 Å². The highest BCUT2D eigenvalue weighted by Crippen LogP contribution is 2.28. The Kier molecular flexibility index (Phi) is 6.18. The highest BCUT2D eigenvalue weighted by Gasteiger charge is 2.17. The number of carbonyl (C=O) groups excluding carboxylic acids is 3. The molecule has 1 aromatic carbocycles. The molecule has 0 bridgehead atoms. The van der Waals surface area contributed by atoms with E-state index in [4.69, 9.17) is 0 Å². The molecule has 142 valence electrons. The number of benzene rings is 1. The number of carbonyl (C=O) groups is 3. The Labute approximate surface area is 160 Å². The number of aryl methyl sites for hydroxylation is 2. The zero-order valence-electron chi connectivity index (χ0n) is 14.6. The minimum Gasteiger partial charge on any atom is -0.343 e. The molecule has 2 aromatic rings. The van der Waals surface area contributed by atoms with Gasteiger partial charge in [0, 0.05) is 10.4 Å². The van der Waals surface area contributed by atoms with E-state index in [9.17, 15) is 18.8 Å². The summed E-state index contributed by atoms with van der Waals surface area (Å²) < 4.78 is 13.1. The maximum Gasteiger partial charge on any atom is 0.279 e. The number of amides is 3. The van der Waals surface area contributed by atoms with E-state index in [1.807, 2.05) is 6.07 Å². The lowest BCUT2D eigenvalue weighted by Gasteiger charge is -2.08. The third-order valence-electron chi connectivity index (χ3n) is 4.28. The van der Waals surface area contributed by atoms with Crippen molar-refractivity contribution in [2.24, 2.45) is 0 Å². The van der Waals surface area contributed by atoms with Crippen molar-refractivity contribution in [2.75, 3.05) is 6.54 Å². The van der Waals surface area contributed by atoms with Crippen molar-refractivity contribution in [3.8, 4) is 0 Å². The fraction of sp³-hybridized carbons (Fsp3) is 0.316. The zero-order chi connectivity index (χ0) is 19.2. The Balaban J connectivity index is 1.46. The second-order valence-corrected chi connectivity index (χ2v) is 7.45. The summed E-state index contributed by atoms with van der Waals surface area (Å²) in [6.45, 7) is -0.337. The molecule has 1 aliphatic carbocycles. The van der Waals surface area contributed by atoms with Gasteiger partial charge in [-0.1, -0.05) is 12.5 Å². The molecule has 27 heavy (non-hydrogen) atoms. The largest absolute Gasteiger partial charge is 0.343 e. The van der Waals surface area contributed by atoms with E-state index in [1.165, 1.54) is 46.4 Å². The maximum atomic E-state index is 13.1. The first kappa shape index (κ1) is 19.0. The molecular formula is C19H20FN3O3S. The highest BCUT2D eigenvalue weighted by molar-refractivity contribution is 7.14. The number of thiophene rings is 1. The molecule has 0 spiro atoms. The van der Waals surface area contributed by atoms with Crippen LogP contribution in [0.5, 0.6) is 0 Å². The summed E-state index contributed by atoms with van der Waals surface area (Å²) in [5.41, 5.74) is 5.96. The first-order chi connectivity index (χ1) is 13.0. The van der Waals surface area contributed by atoms with Crippen LogP contribution < -0.4 is 16.2 Å². The highest BCUT2D eigenvalue weighted by atomic mass is 32.1. The van der Waals surface area contributed by atoms with E-state index in [0.717, 1.165) is 31.7 Å². The average Bonchev–Trinajstić information content (AvgIpc) is 2.94. The van der Waals surface area contributed by atoms with Crippen molar-refractivity contribution in [1.82, 2.24) is 16.2 Å². The SMILES string of the molecule is O=C(CNC(=O)c1cccc(F)c1)NNC(=O)c1cc2c(s1)CCCCC2. The van der Waals surface area contributed by atoms with Crippen LogP contribution in [-0.4, -0.2) is 24.3 Å². The molecule has 3 N–H and O–H groups in total. The van der Waals surface area contributed by atoms with Gasteiger partial charge in [-0.15, -0.1) is 11.3 Å². The van der Waals surface area contributed by atoms with Crippen LogP contribution in [-0.2, 0) is 17.6 Å². The lowest BCUT2D eigenvalue weighted by Crippen LogP contribution is -2.46. The van der Waals surface area contributed by atoms with E-state index in [1.54, 1.807) is 0 Å². The smallest absolute Gasteiger partial charge is 0.279 e. The molecule has 0 saturated heterocycles. The Morgan fingerprint density at radius 1 is 1.00 bits per heavy atom. The van der Waals surface area contributed by atoms with Gasteiger partial charge in [-0.2, -0.15) is 0 Å². The normalized spacial score (nSPS) is 13.2. The topological polar surface area (TPSA) is 87.3 Å². The fourth-order valence-corrected chi connectivity index (χ4v) is 4.05. The van der Waals surface area contributed by atoms with Crippen LogP contribution in [0.2, 0.25) is 0 Å². The first-order valence-corrected chi connectivity index (χ1v) is 9.59. The number of rotatable bonds is 4. The van der Waals surface area contributed by atoms with E-state index in [-0.39, 0.29) is 18.0 Å². The van der Waals surface area contributed by atoms with Crippen molar-refractivity contribution < 1.29 is 18.8 Å². The second kappa shape index (κ2) is 8.77. The number of hydrazine groups is 1. The molecular weight excluding hydrogens is 369 g/mol. The molecule has 1 aliphatic rings. The van der Waals surface area contributed by atoms with Crippen molar-refractivity contribution >= 4 is 29.1 Å². The van der Waals surface area contributed by atoms with Gasteiger partial charge in [-0.25, -0.2) is 4.39 Å². The monoisotopic (exact) mass is 389 g/mol. The summed E-state index contributed by atoms with van der Waals surface area (Å²) in [5, 5.41) is 2.37. The lowest BCUT2D eigenvalue weighted by molar-refractivity contribution is -0.120. The molecule has 6 nitrogen and oxygen atoms in total. The van der Waals surface area contributed by atoms with E-state index >= 15 is 0 Å². The Hall–Kier alpha value is -2.74. The van der Waals surface area contributed by atoms with Gasteiger partial charge in [0.15, 0.2) is 0 Å². The van der Waals surface area contributed by atoms with Crippen molar-refractivity contribution in [1.29, 1.82) is 0 Å². The van der Waals surface area contributed by atoms with Crippen LogP contribution in [0.3, 0.4) is 0 Å². The van der Waals surface area contributed by atoms with Gasteiger partial charge in [0.05, 0.1) is 11.4 Å². The molecule has 8 heteroatoms. The molecule has 0 fully saturated rings. The Bertz CT molecular complexity index is 842. The number of halogens is 1. The lowest BCUT2D eigenvalue weighted by atomic mass is 10.1. The molecule has 3 amide bonds. The van der Waals surface area contributed by atoms with Crippen molar-refractivity contribution in [2.45, 2.75) is 32.1 Å². The van der Waals surface area contributed by atoms with Gasteiger partial charge in [0.1, 0.15) is 5.82 Å². The Morgan fingerprint density at radius 3 is 2.63 bits per heavy atom. The van der Waals surface area contributed by atoms with E-state index in [0.29, 0.717) is 4.88 Å². The Morgan fingerprint density at radius 2 is 1.81 bits per heavy atom. The third kappa shape index (κ3) is 5.13. The van der Waals surface area contributed by atoms with Gasteiger partial charge in [-0.3, -0.25) is 25.2 Å². The van der Waals surface area contributed by atoms with Crippen LogP contribution in [0, 0.1) is 5.82 Å². The molecule has 0 aliphatic heterocycles. The zero-order valence-corrected chi connectivity index (χ0v) is 15.5. The van der Waals surface area contributed by atoms with Gasteiger partial charge < -0.3 is 5.32 Å². The summed E-state index contributed by atoms with van der Waals surface area (Å²) in [6.07, 6.45) is 5.45. The average molecular weight is 389 g/mol. The summed E-state index contributed by atoms with van der Waals surface area (Å²) in [7, 11) is 0. The summed E-state index contributed by atoms with van der Waals surface area (Å²) in [5.74, 6) is -2.06. The quantitative estimate of drug-likeness (QED) is 0.554. The fourth-order valence-electron chi connectivity index (χ4n) is 2.90. The molecule has 0 atom stereocenters. The first-order valence-electron chi connectivity index (χ1n) is 8.77. The molecule has 0 unspecified atom stereocenters. The number of hydrogen-bond acceptors (Lipinski definition) is 4. The van der Waals surface area contributed by atoms with Crippen molar-refractivity contribution in [3.63, 3.8) is 0 Å². The van der Waals surface area contributed by atoms with Crippen LogP contribution in [0.1, 0.15) is 49.7 Å². The predicted molar refractivity (Wildman–Crippen MR) is 99.9 cm³/mol. The van der Waals surface area contributed by atoms with Gasteiger partial charge in [-0.05, 0) is 55.5 Å². The van der Waals surface area contributed by atoms with Gasteiger partial charge >= 0.3 is 0 Å². The third-order valence-corrected chi connectivity index (χ3v) is 5.52. The molecule has 0 saturated carbocycles. The van der Waals surface area contributed by atoms with Gasteiger partial charge in [0.2, 0.25) is 0 Å². The summed E-state index contributed by atoms with van der Waals surface area (Å²) in [4.78, 5) is 37.7. The summed E-state index contributed by atoms with van der Waals surface area (Å²) >= 11 is 1.46. The molecule has 1 aromatic heterocycles. The van der Waals surface area contributed by atoms with Crippen LogP contribution >= 0.6 is 11.3 Å². The van der Waals surface area contributed by atoms with Crippen LogP contribution in [0.25, 0.3) is 0 Å². The number of nitrogens with one attached hydrogen (secondary N) is 3. The van der Waals surface area contributed by atoms with E-state index < -0.39 is 17.6 Å². The van der Waals surface area contributed by atoms with Crippen LogP contribution in [0.4, 0.5) is 4.39 Å². The van der Waals surface area contributed by atoms with Gasteiger partial charge in [0.25, 0.3) is 17.7 Å². The molecule has 0 radical (unpaired) electrons. The number of hydrogen-bond donors (Lipinski definition) is 3. The van der Waals surface area contributed by atoms with Crippen molar-refractivity contribution in [3.05, 3.63) is 57.0 Å². The summed E-state index contributed by atoms with van der Waals surface area (Å²) in [6, 6.07) is 7.05. The number of fused-ring (bicyclic) bond motifs is 1. The maximum absolute atomic E-state index is 13.1. The molecule has 3 rings (SSSR count). The second-order valence-electron chi connectivity index (χ2n) is 6.32. The minimum atomic E-state index is -0.578. The van der Waals surface area contributed by atoms with Crippen LogP contribution in [0.15, 0.2) is 30.3 Å². The minimum absolute atomic E-state index is 0.118. The standard InChI is InChI=1S/C19H20FN3O3S/c20-14-7-4-6-13(9-14)18(25)21-11-17(24)22-23-19(26)16-10-12-5-2-1-3-8-15(12)27-16/h4,6-7,9-10H,1-3,5,8,11H2,(H,21,25)(H,22,24)(H,23,26). The molecule has 1 heterocycles.